The molecule has 2 heterocycles. The zero-order valence-electron chi connectivity index (χ0n) is 12.7. The first kappa shape index (κ1) is 14.9. The predicted molar refractivity (Wildman–Crippen MR) is 84.3 cm³/mol. The number of aromatic nitrogens is 3. The van der Waals surface area contributed by atoms with E-state index in [1.807, 2.05) is 24.3 Å². The number of rotatable bonds is 4. The second-order valence-corrected chi connectivity index (χ2v) is 5.20. The summed E-state index contributed by atoms with van der Waals surface area (Å²) in [6.07, 6.45) is 3.52. The van der Waals surface area contributed by atoms with Crippen LogP contribution < -0.4 is 0 Å². The van der Waals surface area contributed by atoms with E-state index in [0.717, 1.165) is 10.9 Å². The molecule has 1 unspecified atom stereocenters. The molecule has 0 radical (unpaired) electrons. The molecule has 0 amide bonds. The van der Waals surface area contributed by atoms with Gasteiger partial charge in [-0.3, -0.25) is 9.78 Å². The highest BCUT2D eigenvalue weighted by atomic mass is 16.5. The lowest BCUT2D eigenvalue weighted by atomic mass is 10.1. The van der Waals surface area contributed by atoms with Crippen LogP contribution in [0.3, 0.4) is 0 Å². The van der Waals surface area contributed by atoms with Gasteiger partial charge < -0.3 is 9.72 Å². The number of esters is 1. The Hall–Kier alpha value is -3.02. The van der Waals surface area contributed by atoms with Gasteiger partial charge in [-0.05, 0) is 19.9 Å². The average Bonchev–Trinajstić information content (AvgIpc) is 2.98. The van der Waals surface area contributed by atoms with Gasteiger partial charge in [0.25, 0.3) is 0 Å². The Labute approximate surface area is 132 Å². The van der Waals surface area contributed by atoms with Crippen molar-refractivity contribution in [3.05, 3.63) is 59.8 Å². The lowest BCUT2D eigenvalue weighted by Gasteiger charge is -2.11. The fourth-order valence-corrected chi connectivity index (χ4v) is 2.27. The van der Waals surface area contributed by atoms with Crippen LogP contribution in [0.5, 0.6) is 0 Å². The molecule has 116 valence electrons. The highest BCUT2D eigenvalue weighted by Gasteiger charge is 2.23. The molecular formula is C17H15N3O3. The van der Waals surface area contributed by atoms with Crippen LogP contribution in [-0.4, -0.2) is 32.8 Å². The summed E-state index contributed by atoms with van der Waals surface area (Å²) in [7, 11) is 0. The number of benzene rings is 1. The van der Waals surface area contributed by atoms with Crippen LogP contribution in [0.25, 0.3) is 10.9 Å². The number of carbonyl (C=O) groups excluding carboxylic acids is 2. The van der Waals surface area contributed by atoms with Crippen LogP contribution in [0.15, 0.2) is 42.9 Å². The molecule has 2 aromatic heterocycles. The number of carbonyl (C=O) groups is 2. The molecule has 0 aliphatic heterocycles. The molecule has 6 heteroatoms. The van der Waals surface area contributed by atoms with Crippen molar-refractivity contribution in [2.24, 2.45) is 0 Å². The summed E-state index contributed by atoms with van der Waals surface area (Å²) >= 11 is 0. The van der Waals surface area contributed by atoms with Crippen molar-refractivity contribution >= 4 is 22.7 Å². The SMILES string of the molecule is Cc1cnc(C(=O)OC(C)C(=O)c2c[nH]c3ccccc23)cn1. The summed E-state index contributed by atoms with van der Waals surface area (Å²) in [5, 5.41) is 0.801. The maximum Gasteiger partial charge on any atom is 0.359 e. The summed E-state index contributed by atoms with van der Waals surface area (Å²) in [4.78, 5) is 35.5. The maximum absolute atomic E-state index is 12.5. The third kappa shape index (κ3) is 2.96. The van der Waals surface area contributed by atoms with Crippen molar-refractivity contribution < 1.29 is 14.3 Å². The molecule has 6 nitrogen and oxygen atoms in total. The lowest BCUT2D eigenvalue weighted by molar-refractivity contribution is 0.0313. The summed E-state index contributed by atoms with van der Waals surface area (Å²) in [6, 6.07) is 7.46. The molecule has 3 aromatic rings. The van der Waals surface area contributed by atoms with Crippen LogP contribution in [-0.2, 0) is 4.74 Å². The third-order valence-electron chi connectivity index (χ3n) is 3.50. The largest absolute Gasteiger partial charge is 0.449 e. The van der Waals surface area contributed by atoms with Gasteiger partial charge in [-0.2, -0.15) is 0 Å². The van der Waals surface area contributed by atoms with E-state index in [-0.39, 0.29) is 11.5 Å². The van der Waals surface area contributed by atoms with E-state index in [1.165, 1.54) is 12.4 Å². The number of ketones is 1. The molecule has 0 bridgehead atoms. The van der Waals surface area contributed by atoms with E-state index in [9.17, 15) is 9.59 Å². The van der Waals surface area contributed by atoms with Gasteiger partial charge in [-0.15, -0.1) is 0 Å². The number of Topliss-reactive ketones (excluding diaryl/α,β-unsaturated/α-hetero) is 1. The van der Waals surface area contributed by atoms with Gasteiger partial charge >= 0.3 is 5.97 Å². The molecule has 0 saturated heterocycles. The van der Waals surface area contributed by atoms with E-state index < -0.39 is 12.1 Å². The third-order valence-corrected chi connectivity index (χ3v) is 3.50. The number of aryl methyl sites for hydroxylation is 1. The van der Waals surface area contributed by atoms with Crippen molar-refractivity contribution in [3.8, 4) is 0 Å². The Kier molecular flexibility index (Phi) is 3.89. The molecule has 0 spiro atoms. The highest BCUT2D eigenvalue weighted by molar-refractivity contribution is 6.10. The highest BCUT2D eigenvalue weighted by Crippen LogP contribution is 2.20. The Morgan fingerprint density at radius 2 is 1.96 bits per heavy atom. The minimum atomic E-state index is -0.912. The number of hydrogen-bond donors (Lipinski definition) is 1. The van der Waals surface area contributed by atoms with Gasteiger partial charge in [0.2, 0.25) is 5.78 Å². The van der Waals surface area contributed by atoms with Crippen molar-refractivity contribution in [1.82, 2.24) is 15.0 Å². The number of H-pyrrole nitrogens is 1. The lowest BCUT2D eigenvalue weighted by Crippen LogP contribution is -2.24. The fourth-order valence-electron chi connectivity index (χ4n) is 2.27. The normalized spacial score (nSPS) is 12.1. The fraction of sp³-hybridized carbons (Fsp3) is 0.176. The van der Waals surface area contributed by atoms with Gasteiger partial charge in [-0.1, -0.05) is 18.2 Å². The van der Waals surface area contributed by atoms with E-state index in [1.54, 1.807) is 20.0 Å². The monoisotopic (exact) mass is 309 g/mol. The number of nitrogens with zero attached hydrogens (tertiary/aromatic N) is 2. The van der Waals surface area contributed by atoms with E-state index in [2.05, 4.69) is 15.0 Å². The van der Waals surface area contributed by atoms with E-state index in [4.69, 9.17) is 4.74 Å². The van der Waals surface area contributed by atoms with E-state index >= 15 is 0 Å². The second-order valence-electron chi connectivity index (χ2n) is 5.20. The van der Waals surface area contributed by atoms with Crippen LogP contribution in [0, 0.1) is 6.92 Å². The number of ether oxygens (including phenoxy) is 1. The average molecular weight is 309 g/mol. The quantitative estimate of drug-likeness (QED) is 0.591. The maximum atomic E-state index is 12.5. The molecule has 0 aliphatic rings. The van der Waals surface area contributed by atoms with Gasteiger partial charge in [0, 0.05) is 28.9 Å². The molecule has 1 atom stereocenters. The van der Waals surface area contributed by atoms with Crippen LogP contribution >= 0.6 is 0 Å². The van der Waals surface area contributed by atoms with Crippen molar-refractivity contribution in [2.45, 2.75) is 20.0 Å². The first-order valence-corrected chi connectivity index (χ1v) is 7.16. The molecule has 1 N–H and O–H groups in total. The number of fused-ring (bicyclic) bond motifs is 1. The van der Waals surface area contributed by atoms with Gasteiger partial charge in [0.1, 0.15) is 0 Å². The van der Waals surface area contributed by atoms with Crippen molar-refractivity contribution in [2.75, 3.05) is 0 Å². The summed E-state index contributed by atoms with van der Waals surface area (Å²) in [5.74, 6) is -0.936. The smallest absolute Gasteiger partial charge is 0.359 e. The van der Waals surface area contributed by atoms with E-state index in [0.29, 0.717) is 11.3 Å². The summed E-state index contributed by atoms with van der Waals surface area (Å²) < 4.78 is 5.21. The molecule has 0 saturated carbocycles. The predicted octanol–water partition coefficient (Wildman–Crippen LogP) is 2.69. The Bertz CT molecular complexity index is 868. The minimum Gasteiger partial charge on any atom is -0.449 e. The molecule has 0 aliphatic carbocycles. The van der Waals surface area contributed by atoms with Crippen LogP contribution in [0.1, 0.15) is 33.5 Å². The van der Waals surface area contributed by atoms with Gasteiger partial charge in [-0.25, -0.2) is 9.78 Å². The van der Waals surface area contributed by atoms with Crippen LogP contribution in [0.4, 0.5) is 0 Å². The minimum absolute atomic E-state index is 0.0779. The number of hydrogen-bond acceptors (Lipinski definition) is 5. The van der Waals surface area contributed by atoms with Gasteiger partial charge in [0.05, 0.1) is 11.9 Å². The Morgan fingerprint density at radius 3 is 2.70 bits per heavy atom. The summed E-state index contributed by atoms with van der Waals surface area (Å²) in [6.45, 7) is 3.31. The zero-order chi connectivity index (χ0) is 16.4. The molecule has 3 rings (SSSR count). The summed E-state index contributed by atoms with van der Waals surface area (Å²) in [5.41, 5.74) is 2.13. The standard InChI is InChI=1S/C17H15N3O3/c1-10-7-19-15(9-18-10)17(22)23-11(2)16(21)13-8-20-14-6-4-3-5-12(13)14/h3-9,11,20H,1-2H3. The van der Waals surface area contributed by atoms with Crippen LogP contribution in [0.2, 0.25) is 0 Å². The zero-order valence-corrected chi connectivity index (χ0v) is 12.7. The number of aromatic amines is 1. The molecule has 0 fully saturated rings. The Balaban J connectivity index is 1.77. The van der Waals surface area contributed by atoms with Gasteiger partial charge in [0.15, 0.2) is 11.8 Å². The number of nitrogens with one attached hydrogen (secondary N) is 1. The van der Waals surface area contributed by atoms with Crippen molar-refractivity contribution in [1.29, 1.82) is 0 Å². The Morgan fingerprint density at radius 1 is 1.17 bits per heavy atom. The second kappa shape index (κ2) is 6.00. The number of para-hydroxylation sites is 1. The first-order valence-electron chi connectivity index (χ1n) is 7.16. The molecule has 1 aromatic carbocycles. The van der Waals surface area contributed by atoms with Crippen molar-refractivity contribution in [3.63, 3.8) is 0 Å². The molecule has 23 heavy (non-hydrogen) atoms. The topological polar surface area (TPSA) is 84.9 Å². The first-order chi connectivity index (χ1) is 11.1. The molecular weight excluding hydrogens is 294 g/mol.